The first-order valence-electron chi connectivity index (χ1n) is 1.84. The summed E-state index contributed by atoms with van der Waals surface area (Å²) in [6.45, 7) is 3.45. The van der Waals surface area contributed by atoms with Crippen molar-refractivity contribution in [3.8, 4) is 6.07 Å². The van der Waals surface area contributed by atoms with Crippen LogP contribution < -0.4 is 31.3 Å². The molecule has 0 aliphatic heterocycles. The average molecular weight is 256 g/mol. The van der Waals surface area contributed by atoms with Gasteiger partial charge in [0.05, 0.1) is 6.07 Å². The molecular weight excluding hydrogens is 250 g/mol. The molecule has 44 valence electrons. The summed E-state index contributed by atoms with van der Waals surface area (Å²) in [6.07, 6.45) is 1.32. The molecule has 0 rings (SSSR count). The minimum atomic E-state index is 0. The first-order valence-corrected chi connectivity index (χ1v) is 8.79. The van der Waals surface area contributed by atoms with Crippen molar-refractivity contribution in [2.45, 2.75) is 12.8 Å². The van der Waals surface area contributed by atoms with Gasteiger partial charge < -0.3 is 19.3 Å². The van der Waals surface area contributed by atoms with Crippen molar-refractivity contribution >= 4 is 13.6 Å². The van der Waals surface area contributed by atoms with Crippen LogP contribution in [-0.2, 0) is 16.3 Å². The molecule has 0 atom stereocenters. The van der Waals surface area contributed by atoms with E-state index in [4.69, 9.17) is 5.26 Å². The van der Waals surface area contributed by atoms with Gasteiger partial charge in [0, 0.05) is 6.42 Å². The molecule has 0 aliphatic rings. The molecule has 0 amide bonds. The number of halogens is 2. The molecule has 5 heteroatoms. The van der Waals surface area contributed by atoms with Gasteiger partial charge in [-0.05, 0) is 0 Å². The van der Waals surface area contributed by atoms with Crippen LogP contribution in [0.4, 0.5) is 0 Å². The maximum atomic E-state index is 7.78. The quantitative estimate of drug-likeness (QED) is 0.346. The first kappa shape index (κ1) is 22.4. The van der Waals surface area contributed by atoms with Crippen molar-refractivity contribution < 1.29 is 47.6 Å². The van der Waals surface area contributed by atoms with E-state index in [0.29, 0.717) is 6.42 Å². The number of nitriles is 1. The number of rotatable bonds is 1. The van der Waals surface area contributed by atoms with Crippen LogP contribution in [0.3, 0.4) is 0 Å². The fraction of sp³-hybridized carbons (Fsp3) is 0.500. The maximum absolute atomic E-state index is 7.78. The standard InChI is InChI=1S/C4H6N.BrH.ClH.Li.Zn/c1-2-3-4-5;;;;/h1-3H2;2*1H;;/q-1;;;+1;+2/p-2. The number of hydrogen-bond acceptors (Lipinski definition) is 1. The molecule has 0 bridgehead atoms. The SMILES string of the molecule is [CH2-]CCC#N.[Cl-].[Li+].[Zn+][Br]. The van der Waals surface area contributed by atoms with E-state index in [9.17, 15) is 0 Å². The van der Waals surface area contributed by atoms with Crippen LogP contribution >= 0.6 is 13.6 Å². The van der Waals surface area contributed by atoms with Gasteiger partial charge in [-0.25, -0.2) is 0 Å². The number of nitrogens with zero attached hydrogens (tertiary/aromatic N) is 1. The molecule has 0 aliphatic carbocycles. The van der Waals surface area contributed by atoms with Crippen molar-refractivity contribution in [3.63, 3.8) is 0 Å². The second-order valence-electron chi connectivity index (χ2n) is 0.762. The molecule has 0 heterocycles. The monoisotopic (exact) mass is 253 g/mol. The van der Waals surface area contributed by atoms with E-state index < -0.39 is 0 Å². The van der Waals surface area contributed by atoms with Gasteiger partial charge in [0.15, 0.2) is 0 Å². The van der Waals surface area contributed by atoms with Crippen molar-refractivity contribution in [2.75, 3.05) is 0 Å². The predicted octanol–water partition coefficient (Wildman–Crippen LogP) is -4.02. The van der Waals surface area contributed by atoms with Crippen LogP contribution in [0.25, 0.3) is 0 Å². The van der Waals surface area contributed by atoms with Gasteiger partial charge >= 0.3 is 48.8 Å². The Morgan fingerprint density at radius 3 is 1.89 bits per heavy atom. The second-order valence-corrected chi connectivity index (χ2v) is 0.762. The second kappa shape index (κ2) is 34.0. The zero-order chi connectivity index (χ0) is 6.12. The molecule has 9 heavy (non-hydrogen) atoms. The fourth-order valence-corrected chi connectivity index (χ4v) is 0.0791. The molecule has 0 saturated heterocycles. The summed E-state index contributed by atoms with van der Waals surface area (Å²) in [6, 6.07) is 1.95. The van der Waals surface area contributed by atoms with Crippen LogP contribution in [0.15, 0.2) is 0 Å². The molecule has 0 spiro atoms. The van der Waals surface area contributed by atoms with Gasteiger partial charge in [-0.1, -0.05) is 0 Å². The molecule has 1 nitrogen and oxygen atoms in total. The summed E-state index contributed by atoms with van der Waals surface area (Å²) in [5, 5.41) is 7.78. The van der Waals surface area contributed by atoms with E-state index in [1.165, 1.54) is 16.3 Å². The van der Waals surface area contributed by atoms with Crippen molar-refractivity contribution in [3.05, 3.63) is 6.92 Å². The third-order valence-corrected chi connectivity index (χ3v) is 0.289. The van der Waals surface area contributed by atoms with E-state index >= 15 is 0 Å². The van der Waals surface area contributed by atoms with Crippen molar-refractivity contribution in [1.29, 1.82) is 5.26 Å². The molecule has 0 aromatic carbocycles. The van der Waals surface area contributed by atoms with Crippen LogP contribution in [-0.4, -0.2) is 0 Å². The van der Waals surface area contributed by atoms with E-state index in [2.05, 4.69) is 20.5 Å². The molecule has 0 aromatic rings. The van der Waals surface area contributed by atoms with Crippen molar-refractivity contribution in [2.24, 2.45) is 0 Å². The summed E-state index contributed by atoms with van der Waals surface area (Å²) in [7, 11) is 0. The Morgan fingerprint density at radius 1 is 1.56 bits per heavy atom. The molecule has 0 radical (unpaired) electrons. The van der Waals surface area contributed by atoms with E-state index in [1.807, 2.05) is 6.07 Å². The number of hydrogen-bond donors (Lipinski definition) is 0. The summed E-state index contributed by atoms with van der Waals surface area (Å²) in [4.78, 5) is 0. The molecule has 0 fully saturated rings. The predicted molar refractivity (Wildman–Crippen MR) is 29.1 cm³/mol. The molecule has 0 aromatic heterocycles. The first-order chi connectivity index (χ1) is 3.41. The Morgan fingerprint density at radius 2 is 1.89 bits per heavy atom. The van der Waals surface area contributed by atoms with Crippen LogP contribution in [0.5, 0.6) is 0 Å². The van der Waals surface area contributed by atoms with Gasteiger partial charge in [-0.15, -0.1) is 0 Å². The van der Waals surface area contributed by atoms with E-state index in [1.54, 1.807) is 0 Å². The van der Waals surface area contributed by atoms with Gasteiger partial charge in [0.25, 0.3) is 0 Å². The zero-order valence-electron chi connectivity index (χ0n) is 5.53. The third-order valence-electron chi connectivity index (χ3n) is 0.289. The summed E-state index contributed by atoms with van der Waals surface area (Å²) in [5.41, 5.74) is 0. The summed E-state index contributed by atoms with van der Waals surface area (Å²) >= 11 is 4.25. The average Bonchev–Trinajstić information content (AvgIpc) is 1.75. The van der Waals surface area contributed by atoms with Gasteiger partial charge in [0.2, 0.25) is 0 Å². The molecule has 0 unspecified atom stereocenters. The van der Waals surface area contributed by atoms with Gasteiger partial charge in [0.1, 0.15) is 0 Å². The van der Waals surface area contributed by atoms with Gasteiger partial charge in [-0.3, -0.25) is 0 Å². The van der Waals surface area contributed by atoms with E-state index in [-0.39, 0.29) is 31.3 Å². The minimum absolute atomic E-state index is 0. The summed E-state index contributed by atoms with van der Waals surface area (Å²) in [5.74, 6) is 0. The van der Waals surface area contributed by atoms with E-state index in [0.717, 1.165) is 6.42 Å². The Labute approximate surface area is 91.6 Å². The summed E-state index contributed by atoms with van der Waals surface area (Å²) < 4.78 is 0. The number of unbranched alkanes of at least 4 members (excludes halogenated alkanes) is 1. The Hall–Kier alpha value is 1.48. The van der Waals surface area contributed by atoms with Crippen molar-refractivity contribution in [1.82, 2.24) is 0 Å². The molecular formula is C4H6BrClLiNZn. The fourth-order valence-electron chi connectivity index (χ4n) is 0.0791. The van der Waals surface area contributed by atoms with Crippen LogP contribution in [0.2, 0.25) is 0 Å². The Balaban J connectivity index is -0.0000000286. The van der Waals surface area contributed by atoms with Crippen LogP contribution in [0.1, 0.15) is 12.8 Å². The normalized spacial score (nSPS) is 4.33. The zero-order valence-corrected chi connectivity index (χ0v) is 10.8. The Kier molecular flexibility index (Phi) is 84.6. The third kappa shape index (κ3) is 43.8. The van der Waals surface area contributed by atoms with Gasteiger partial charge in [-0.2, -0.15) is 11.7 Å². The molecule has 0 saturated carbocycles. The molecule has 0 N–H and O–H groups in total. The Bertz CT molecular complexity index is 59.0. The van der Waals surface area contributed by atoms with Crippen LogP contribution in [0, 0.1) is 18.3 Å². The topological polar surface area (TPSA) is 23.8 Å².